The second-order valence-electron chi connectivity index (χ2n) is 5.78. The van der Waals surface area contributed by atoms with E-state index < -0.39 is 17.8 Å². The minimum atomic E-state index is -0.499. The molecule has 1 amide bonds. The number of hydrogen-bond acceptors (Lipinski definition) is 6. The van der Waals surface area contributed by atoms with Gasteiger partial charge in [-0.1, -0.05) is 0 Å². The van der Waals surface area contributed by atoms with Crippen molar-refractivity contribution in [1.29, 1.82) is 0 Å². The van der Waals surface area contributed by atoms with Crippen LogP contribution in [0.5, 0.6) is 0 Å². The van der Waals surface area contributed by atoms with Gasteiger partial charge in [0.15, 0.2) is 5.78 Å². The zero-order valence-electron chi connectivity index (χ0n) is 14.3. The van der Waals surface area contributed by atoms with Crippen molar-refractivity contribution in [3.8, 4) is 0 Å². The van der Waals surface area contributed by atoms with Crippen LogP contribution in [0.25, 0.3) is 0 Å². The van der Waals surface area contributed by atoms with E-state index in [4.69, 9.17) is 18.9 Å². The Hall–Kier alpha value is -1.18. The molecule has 7 heteroatoms. The molecule has 0 aromatic rings. The molecule has 0 heterocycles. The van der Waals surface area contributed by atoms with Crippen LogP contribution in [0.2, 0.25) is 0 Å². The van der Waals surface area contributed by atoms with Gasteiger partial charge in [0, 0.05) is 6.54 Å². The number of carbonyl (C=O) groups excluding carboxylic acids is 2. The third-order valence-corrected chi connectivity index (χ3v) is 2.45. The van der Waals surface area contributed by atoms with Gasteiger partial charge in [-0.3, -0.25) is 4.79 Å². The number of alkyl carbamates (subject to hydrolysis) is 1. The van der Waals surface area contributed by atoms with Crippen LogP contribution in [0.3, 0.4) is 0 Å². The van der Waals surface area contributed by atoms with Crippen LogP contribution in [0.15, 0.2) is 0 Å². The van der Waals surface area contributed by atoms with Gasteiger partial charge in [0.1, 0.15) is 11.7 Å². The summed E-state index contributed by atoms with van der Waals surface area (Å²) in [5, 5.41) is 2.59. The summed E-state index contributed by atoms with van der Waals surface area (Å²) in [6, 6.07) is 0. The Morgan fingerprint density at radius 1 is 1.00 bits per heavy atom. The van der Waals surface area contributed by atoms with Crippen molar-refractivity contribution in [2.24, 2.45) is 0 Å². The summed E-state index contributed by atoms with van der Waals surface area (Å²) in [5.41, 5.74) is -0.499. The van der Waals surface area contributed by atoms with Crippen LogP contribution >= 0.6 is 0 Å². The van der Waals surface area contributed by atoms with Gasteiger partial charge in [-0.25, -0.2) is 4.79 Å². The highest BCUT2D eigenvalue weighted by Crippen LogP contribution is 2.05. The molecule has 0 rings (SSSR count). The second-order valence-corrected chi connectivity index (χ2v) is 5.78. The Morgan fingerprint density at radius 3 is 2.09 bits per heavy atom. The molecule has 1 atom stereocenters. The highest BCUT2D eigenvalue weighted by molar-refractivity contribution is 5.79. The molecule has 0 fully saturated rings. The number of rotatable bonds is 11. The maximum atomic E-state index is 11.3. The highest BCUT2D eigenvalue weighted by Gasteiger charge is 2.15. The van der Waals surface area contributed by atoms with Crippen molar-refractivity contribution in [1.82, 2.24) is 5.32 Å². The Labute approximate surface area is 132 Å². The van der Waals surface area contributed by atoms with Crippen LogP contribution in [0.4, 0.5) is 4.79 Å². The van der Waals surface area contributed by atoms with Crippen LogP contribution in [-0.2, 0) is 23.7 Å². The summed E-state index contributed by atoms with van der Waals surface area (Å²) in [4.78, 5) is 22.2. The molecule has 0 unspecified atom stereocenters. The molecule has 0 bridgehead atoms. The molecule has 0 aromatic carbocycles. The van der Waals surface area contributed by atoms with E-state index in [1.54, 1.807) is 27.7 Å². The highest BCUT2D eigenvalue weighted by atomic mass is 16.6. The minimum absolute atomic E-state index is 0.000760. The minimum Gasteiger partial charge on any atom is -0.444 e. The van der Waals surface area contributed by atoms with E-state index in [-0.39, 0.29) is 5.78 Å². The van der Waals surface area contributed by atoms with Crippen LogP contribution < -0.4 is 5.32 Å². The maximum Gasteiger partial charge on any atom is 0.407 e. The zero-order chi connectivity index (χ0) is 17.0. The van der Waals surface area contributed by atoms with E-state index in [0.717, 1.165) is 0 Å². The third kappa shape index (κ3) is 13.8. The largest absolute Gasteiger partial charge is 0.444 e. The molecular formula is C15H29NO6. The summed E-state index contributed by atoms with van der Waals surface area (Å²) in [7, 11) is 0. The Kier molecular flexibility index (Phi) is 10.8. The molecule has 0 aliphatic heterocycles. The first kappa shape index (κ1) is 20.8. The van der Waals surface area contributed by atoms with E-state index in [0.29, 0.717) is 39.6 Å². The van der Waals surface area contributed by atoms with Gasteiger partial charge in [0.25, 0.3) is 0 Å². The van der Waals surface area contributed by atoms with E-state index >= 15 is 0 Å². The van der Waals surface area contributed by atoms with Crippen molar-refractivity contribution in [2.45, 2.75) is 46.3 Å². The number of ether oxygens (including phenoxy) is 4. The zero-order valence-corrected chi connectivity index (χ0v) is 14.3. The summed E-state index contributed by atoms with van der Waals surface area (Å²) in [6.07, 6.45) is -0.845. The lowest BCUT2D eigenvalue weighted by Crippen LogP contribution is -2.34. The third-order valence-electron chi connectivity index (χ3n) is 2.45. The predicted molar refractivity (Wildman–Crippen MR) is 82.0 cm³/mol. The van der Waals surface area contributed by atoms with Gasteiger partial charge in [-0.15, -0.1) is 0 Å². The monoisotopic (exact) mass is 319 g/mol. The predicted octanol–water partition coefficient (Wildman–Crippen LogP) is 1.54. The molecular weight excluding hydrogens is 290 g/mol. The molecule has 0 saturated carbocycles. The van der Waals surface area contributed by atoms with Crippen LogP contribution in [0, 0.1) is 0 Å². The van der Waals surface area contributed by atoms with Gasteiger partial charge in [-0.2, -0.15) is 0 Å². The van der Waals surface area contributed by atoms with Crippen LogP contribution in [0.1, 0.15) is 34.6 Å². The van der Waals surface area contributed by atoms with E-state index in [1.807, 2.05) is 0 Å². The first-order chi connectivity index (χ1) is 10.2. The molecule has 22 heavy (non-hydrogen) atoms. The van der Waals surface area contributed by atoms with E-state index in [1.165, 1.54) is 6.92 Å². The number of amides is 1. The average Bonchev–Trinajstić information content (AvgIpc) is 2.38. The van der Waals surface area contributed by atoms with Crippen molar-refractivity contribution < 1.29 is 28.5 Å². The van der Waals surface area contributed by atoms with E-state index in [2.05, 4.69) is 5.32 Å². The quantitative estimate of drug-likeness (QED) is 0.582. The lowest BCUT2D eigenvalue weighted by molar-refractivity contribution is -0.128. The van der Waals surface area contributed by atoms with Crippen molar-refractivity contribution in [3.63, 3.8) is 0 Å². The number of carbonyl (C=O) groups is 2. The first-order valence-electron chi connectivity index (χ1n) is 7.47. The Morgan fingerprint density at radius 2 is 1.55 bits per heavy atom. The maximum absolute atomic E-state index is 11.3. The normalized spacial score (nSPS) is 12.8. The molecule has 0 spiro atoms. The molecule has 130 valence electrons. The molecule has 0 aromatic heterocycles. The first-order valence-corrected chi connectivity index (χ1v) is 7.47. The second kappa shape index (κ2) is 11.4. The molecule has 1 N–H and O–H groups in total. The topological polar surface area (TPSA) is 83.1 Å². The summed E-state index contributed by atoms with van der Waals surface area (Å²) < 4.78 is 20.9. The molecule has 0 saturated heterocycles. The summed E-state index contributed by atoms with van der Waals surface area (Å²) >= 11 is 0. The smallest absolute Gasteiger partial charge is 0.407 e. The van der Waals surface area contributed by atoms with Gasteiger partial charge < -0.3 is 24.3 Å². The number of ketones is 1. The van der Waals surface area contributed by atoms with Gasteiger partial charge in [0.05, 0.1) is 33.0 Å². The summed E-state index contributed by atoms with van der Waals surface area (Å²) in [5.74, 6) is 0.000760. The van der Waals surface area contributed by atoms with E-state index in [9.17, 15) is 9.59 Å². The van der Waals surface area contributed by atoms with Crippen molar-refractivity contribution >= 4 is 11.9 Å². The van der Waals surface area contributed by atoms with Crippen molar-refractivity contribution in [3.05, 3.63) is 0 Å². The fourth-order valence-electron chi connectivity index (χ4n) is 1.26. The Balaban J connectivity index is 3.31. The average molecular weight is 319 g/mol. The van der Waals surface area contributed by atoms with Gasteiger partial charge in [-0.05, 0) is 34.6 Å². The molecule has 0 aliphatic rings. The Bertz CT molecular complexity index is 326. The fourth-order valence-corrected chi connectivity index (χ4v) is 1.26. The molecule has 0 aliphatic carbocycles. The van der Waals surface area contributed by atoms with Gasteiger partial charge >= 0.3 is 6.09 Å². The lowest BCUT2D eigenvalue weighted by Gasteiger charge is -2.19. The number of Topliss-reactive ketones (excluding diaryl/α,β-unsaturated/α-hetero) is 1. The standard InChI is InChI=1S/C15H29NO6/c1-12(17)13(2)21-11-10-20-9-8-19-7-6-16-14(18)22-15(3,4)5/h13H,6-11H2,1-5H3,(H,16,18)/t13-/m0/s1. The fraction of sp³-hybridized carbons (Fsp3) is 0.867. The SMILES string of the molecule is CC(=O)[C@H](C)OCCOCCOCCNC(=O)OC(C)(C)C. The number of hydrogen-bond donors (Lipinski definition) is 1. The lowest BCUT2D eigenvalue weighted by atomic mass is 10.2. The summed E-state index contributed by atoms with van der Waals surface area (Å²) in [6.45, 7) is 11.0. The molecule has 0 radical (unpaired) electrons. The molecule has 7 nitrogen and oxygen atoms in total. The van der Waals surface area contributed by atoms with Gasteiger partial charge in [0.2, 0.25) is 0 Å². The number of nitrogens with one attached hydrogen (secondary N) is 1. The van der Waals surface area contributed by atoms with Crippen molar-refractivity contribution in [2.75, 3.05) is 39.6 Å². The van der Waals surface area contributed by atoms with Crippen LogP contribution in [-0.4, -0.2) is 63.2 Å².